The molecule has 9 nitrogen and oxygen atoms in total. The van der Waals surface area contributed by atoms with Crippen molar-refractivity contribution in [2.75, 3.05) is 24.0 Å². The number of ether oxygens (including phenoxy) is 2. The maximum Gasteiger partial charge on any atom is 0.326 e. The molecule has 0 aromatic heterocycles. The number of benzene rings is 3. The van der Waals surface area contributed by atoms with Gasteiger partial charge in [0.15, 0.2) is 0 Å². The lowest BCUT2D eigenvalue weighted by atomic mass is 9.72. The molecule has 9 heteroatoms. The lowest BCUT2D eigenvalue weighted by Gasteiger charge is -2.51. The van der Waals surface area contributed by atoms with Crippen molar-refractivity contribution in [3.63, 3.8) is 0 Å². The van der Waals surface area contributed by atoms with Crippen LogP contribution in [0.1, 0.15) is 18.4 Å². The van der Waals surface area contributed by atoms with Crippen LogP contribution >= 0.6 is 0 Å². The zero-order valence-electron chi connectivity index (χ0n) is 22.3. The van der Waals surface area contributed by atoms with E-state index in [2.05, 4.69) is 5.32 Å². The third-order valence-electron chi connectivity index (χ3n) is 8.47. The van der Waals surface area contributed by atoms with E-state index in [-0.39, 0.29) is 5.91 Å². The second-order valence-corrected chi connectivity index (χ2v) is 10.5. The first-order valence-corrected chi connectivity index (χ1v) is 13.1. The van der Waals surface area contributed by atoms with Crippen LogP contribution in [0.15, 0.2) is 84.9 Å². The van der Waals surface area contributed by atoms with E-state index in [1.54, 1.807) is 73.5 Å². The van der Waals surface area contributed by atoms with Crippen molar-refractivity contribution in [3.05, 3.63) is 90.5 Å². The van der Waals surface area contributed by atoms with Crippen LogP contribution in [-0.2, 0) is 23.9 Å². The van der Waals surface area contributed by atoms with Gasteiger partial charge < -0.3 is 14.4 Å². The van der Waals surface area contributed by atoms with Crippen molar-refractivity contribution < 1.29 is 28.7 Å². The Kier molecular flexibility index (Phi) is 6.18. The van der Waals surface area contributed by atoms with Gasteiger partial charge in [-0.25, -0.2) is 4.90 Å². The SMILES string of the molecule is COC(=O)[C@@]1(C)N[C@@H]([C@H]2[C@@H](c3ccccc3)C(=O)N2c2ccc(OC)cc2)[C@H]2C(=O)N(c3ccccc3)C(=O)[C@H]21. The van der Waals surface area contributed by atoms with Crippen molar-refractivity contribution in [3.8, 4) is 5.75 Å². The minimum atomic E-state index is -1.48. The molecule has 0 bridgehead atoms. The van der Waals surface area contributed by atoms with Crippen LogP contribution in [0.3, 0.4) is 0 Å². The Morgan fingerprint density at radius 2 is 1.43 bits per heavy atom. The number of hydrogen-bond acceptors (Lipinski definition) is 7. The number of β-lactam (4-membered cyclic amide) rings is 1. The summed E-state index contributed by atoms with van der Waals surface area (Å²) in [5, 5.41) is 3.34. The maximum atomic E-state index is 14.1. The number of amides is 3. The van der Waals surface area contributed by atoms with Gasteiger partial charge in [0.1, 0.15) is 11.3 Å². The van der Waals surface area contributed by atoms with Gasteiger partial charge in [-0.1, -0.05) is 48.5 Å². The minimum Gasteiger partial charge on any atom is -0.497 e. The molecule has 3 aliphatic rings. The molecule has 0 saturated carbocycles. The van der Waals surface area contributed by atoms with Gasteiger partial charge in [-0.2, -0.15) is 0 Å². The van der Waals surface area contributed by atoms with Crippen molar-refractivity contribution in [2.45, 2.75) is 30.5 Å². The number of nitrogens with one attached hydrogen (secondary N) is 1. The van der Waals surface area contributed by atoms with Crippen molar-refractivity contribution in [1.29, 1.82) is 0 Å². The summed E-state index contributed by atoms with van der Waals surface area (Å²) in [6.07, 6.45) is 0. The lowest BCUT2D eigenvalue weighted by molar-refractivity contribution is -0.151. The van der Waals surface area contributed by atoms with Crippen molar-refractivity contribution in [1.82, 2.24) is 5.32 Å². The number of anilines is 2. The maximum absolute atomic E-state index is 14.1. The largest absolute Gasteiger partial charge is 0.497 e. The summed E-state index contributed by atoms with van der Waals surface area (Å²) in [5.41, 5.74) is 0.383. The van der Waals surface area contributed by atoms with Crippen LogP contribution in [0.5, 0.6) is 5.75 Å². The molecule has 204 valence electrons. The number of carbonyl (C=O) groups is 4. The third-order valence-corrected chi connectivity index (χ3v) is 8.47. The van der Waals surface area contributed by atoms with E-state index in [9.17, 15) is 19.2 Å². The highest BCUT2D eigenvalue weighted by Crippen LogP contribution is 2.51. The molecule has 40 heavy (non-hydrogen) atoms. The van der Waals surface area contributed by atoms with E-state index in [0.29, 0.717) is 17.1 Å². The fraction of sp³-hybridized carbons (Fsp3) is 0.290. The summed E-state index contributed by atoms with van der Waals surface area (Å²) in [7, 11) is 2.83. The van der Waals surface area contributed by atoms with E-state index >= 15 is 0 Å². The van der Waals surface area contributed by atoms with Crippen LogP contribution in [-0.4, -0.2) is 55.5 Å². The van der Waals surface area contributed by atoms with Crippen LogP contribution in [0.2, 0.25) is 0 Å². The molecular weight excluding hydrogens is 510 g/mol. The summed E-state index contributed by atoms with van der Waals surface area (Å²) in [5.74, 6) is -3.52. The third kappa shape index (κ3) is 3.65. The molecule has 0 spiro atoms. The number of nitrogens with zero attached hydrogens (tertiary/aromatic N) is 2. The Morgan fingerprint density at radius 1 is 0.800 bits per heavy atom. The summed E-state index contributed by atoms with van der Waals surface area (Å²) in [6.45, 7) is 1.60. The van der Waals surface area contributed by atoms with E-state index in [4.69, 9.17) is 9.47 Å². The Morgan fingerprint density at radius 3 is 2.02 bits per heavy atom. The molecule has 6 rings (SSSR count). The van der Waals surface area contributed by atoms with Gasteiger partial charge >= 0.3 is 5.97 Å². The van der Waals surface area contributed by atoms with E-state index in [1.165, 1.54) is 12.0 Å². The molecule has 1 N–H and O–H groups in total. The molecule has 6 atom stereocenters. The number of hydrogen-bond donors (Lipinski definition) is 1. The van der Waals surface area contributed by atoms with E-state index < -0.39 is 53.2 Å². The van der Waals surface area contributed by atoms with Crippen molar-refractivity contribution >= 4 is 35.1 Å². The first-order chi connectivity index (χ1) is 19.3. The number of fused-ring (bicyclic) bond motifs is 1. The molecule has 3 aromatic rings. The van der Waals surface area contributed by atoms with E-state index in [0.717, 1.165) is 5.56 Å². The van der Waals surface area contributed by atoms with Crippen LogP contribution in [0, 0.1) is 11.8 Å². The van der Waals surface area contributed by atoms with E-state index in [1.807, 2.05) is 30.3 Å². The normalized spacial score (nSPS) is 29.3. The monoisotopic (exact) mass is 539 g/mol. The Labute approximate surface area is 231 Å². The fourth-order valence-electron chi connectivity index (χ4n) is 6.63. The highest BCUT2D eigenvalue weighted by Gasteiger charge is 2.71. The second kappa shape index (κ2) is 9.60. The lowest BCUT2D eigenvalue weighted by Crippen LogP contribution is -2.69. The molecular formula is C31H29N3O6. The number of esters is 1. The van der Waals surface area contributed by atoms with Crippen LogP contribution in [0.4, 0.5) is 11.4 Å². The first kappa shape index (κ1) is 25.8. The predicted octanol–water partition coefficient (Wildman–Crippen LogP) is 2.90. The van der Waals surface area contributed by atoms with Gasteiger partial charge in [-0.05, 0) is 48.9 Å². The summed E-state index contributed by atoms with van der Waals surface area (Å²) in [6, 6.07) is 23.9. The molecule has 3 heterocycles. The molecule has 0 aliphatic carbocycles. The summed E-state index contributed by atoms with van der Waals surface area (Å²) in [4.78, 5) is 57.8. The Balaban J connectivity index is 1.48. The van der Waals surface area contributed by atoms with Gasteiger partial charge in [0.05, 0.1) is 43.7 Å². The molecule has 0 unspecified atom stereocenters. The smallest absolute Gasteiger partial charge is 0.326 e. The van der Waals surface area contributed by atoms with Gasteiger partial charge in [-0.3, -0.25) is 24.5 Å². The highest BCUT2D eigenvalue weighted by atomic mass is 16.5. The Hall–Kier alpha value is -4.50. The van der Waals surface area contributed by atoms with Crippen molar-refractivity contribution in [2.24, 2.45) is 11.8 Å². The molecule has 0 radical (unpaired) electrons. The van der Waals surface area contributed by atoms with Crippen LogP contribution in [0.25, 0.3) is 0 Å². The zero-order valence-corrected chi connectivity index (χ0v) is 22.3. The van der Waals surface area contributed by atoms with Crippen LogP contribution < -0.4 is 19.9 Å². The number of para-hydroxylation sites is 1. The van der Waals surface area contributed by atoms with Gasteiger partial charge in [0.2, 0.25) is 17.7 Å². The average molecular weight is 540 g/mol. The number of carbonyl (C=O) groups excluding carboxylic acids is 4. The number of methoxy groups -OCH3 is 2. The predicted molar refractivity (Wildman–Crippen MR) is 147 cm³/mol. The number of imide groups is 1. The Bertz CT molecular complexity index is 1480. The second-order valence-electron chi connectivity index (χ2n) is 10.5. The standard InChI is InChI=1S/C31H29N3O6/c1-31(30(38)40-3)24-23(28(36)34(29(24)37)19-12-8-5-9-13-19)25(32-31)26-22(18-10-6-4-7-11-18)27(35)33(26)20-14-16-21(39-2)17-15-20/h4-17,22-26,32H,1-3H3/t22-,23+,24+,25-,26-,31+/m1/s1. The molecule has 3 amide bonds. The fourth-order valence-corrected chi connectivity index (χ4v) is 6.63. The quantitative estimate of drug-likeness (QED) is 0.292. The average Bonchev–Trinajstić information content (AvgIpc) is 3.44. The van der Waals surface area contributed by atoms with Gasteiger partial charge in [0, 0.05) is 11.7 Å². The topological polar surface area (TPSA) is 105 Å². The molecule has 3 saturated heterocycles. The molecule has 3 aliphatic heterocycles. The number of rotatable bonds is 6. The molecule has 3 fully saturated rings. The summed E-state index contributed by atoms with van der Waals surface area (Å²) < 4.78 is 10.4. The zero-order chi connectivity index (χ0) is 28.2. The summed E-state index contributed by atoms with van der Waals surface area (Å²) >= 11 is 0. The highest BCUT2D eigenvalue weighted by molar-refractivity contribution is 6.24. The molecule has 3 aromatic carbocycles. The van der Waals surface area contributed by atoms with Gasteiger partial charge in [-0.15, -0.1) is 0 Å². The first-order valence-electron chi connectivity index (χ1n) is 13.1. The minimum absolute atomic E-state index is 0.136. The van der Waals surface area contributed by atoms with Gasteiger partial charge in [0.25, 0.3) is 0 Å².